The summed E-state index contributed by atoms with van der Waals surface area (Å²) in [5.74, 6) is 0. The van der Waals surface area contributed by atoms with Crippen molar-refractivity contribution in [1.29, 1.82) is 0 Å². The van der Waals surface area contributed by atoms with Crippen LogP contribution >= 0.6 is 11.6 Å². The van der Waals surface area contributed by atoms with E-state index in [1.54, 1.807) is 0 Å². The highest BCUT2D eigenvalue weighted by Crippen LogP contribution is 2.37. The maximum atomic E-state index is 7.52. The molecule has 1 aliphatic heterocycles. The first-order valence-electron chi connectivity index (χ1n) is 10.2. The first kappa shape index (κ1) is 9.39. The van der Waals surface area contributed by atoms with Crippen molar-refractivity contribution in [2.24, 2.45) is 0 Å². The van der Waals surface area contributed by atoms with E-state index in [9.17, 15) is 0 Å². The smallest absolute Gasteiger partial charge is 0.0499 e. The van der Waals surface area contributed by atoms with E-state index in [1.807, 2.05) is 54.6 Å². The fourth-order valence-electron chi connectivity index (χ4n) is 2.70. The number of benzene rings is 2. The summed E-state index contributed by atoms with van der Waals surface area (Å²) in [4.78, 5) is 2.66. The predicted molar refractivity (Wildman–Crippen MR) is 97.0 cm³/mol. The van der Waals surface area contributed by atoms with Gasteiger partial charge in [0.15, 0.2) is 0 Å². The fraction of sp³-hybridized carbons (Fsp3) is 0.263. The molecule has 0 atom stereocenters. The minimum absolute atomic E-state index is 0.0744. The third kappa shape index (κ3) is 3.18. The molecular formula is C19H21ClN2. The lowest BCUT2D eigenvalue weighted by atomic mass is 10.1. The molecule has 0 bridgehead atoms. The Kier molecular flexibility index (Phi) is 2.80. The number of hydrogen-bond acceptors (Lipinski definition) is 2. The van der Waals surface area contributed by atoms with Gasteiger partial charge in [-0.05, 0) is 56.2 Å². The van der Waals surface area contributed by atoms with Gasteiger partial charge in [0.1, 0.15) is 0 Å². The third-order valence-electron chi connectivity index (χ3n) is 3.72. The quantitative estimate of drug-likeness (QED) is 0.790. The Bertz CT molecular complexity index is 861. The van der Waals surface area contributed by atoms with Crippen molar-refractivity contribution in [1.82, 2.24) is 4.90 Å². The van der Waals surface area contributed by atoms with Gasteiger partial charge in [-0.3, -0.25) is 0 Å². The van der Waals surface area contributed by atoms with Crippen molar-refractivity contribution < 1.29 is 8.22 Å². The largest absolute Gasteiger partial charge is 0.340 e. The Morgan fingerprint density at radius 2 is 1.82 bits per heavy atom. The number of fused-ring (bicyclic) bond motifs is 2. The number of halogens is 1. The monoisotopic (exact) mass is 318 g/mol. The van der Waals surface area contributed by atoms with Crippen LogP contribution in [0.5, 0.6) is 0 Å². The van der Waals surface area contributed by atoms with E-state index in [4.69, 9.17) is 19.8 Å². The summed E-state index contributed by atoms with van der Waals surface area (Å²) < 4.78 is 45.1. The fourth-order valence-corrected chi connectivity index (χ4v) is 2.87. The van der Waals surface area contributed by atoms with E-state index in [0.29, 0.717) is 22.9 Å². The molecule has 0 amide bonds. The van der Waals surface area contributed by atoms with Crippen molar-refractivity contribution in [3.05, 3.63) is 58.6 Å². The van der Waals surface area contributed by atoms with E-state index in [1.165, 1.54) is 0 Å². The van der Waals surface area contributed by atoms with Gasteiger partial charge in [-0.1, -0.05) is 48.0 Å². The van der Waals surface area contributed by atoms with Crippen LogP contribution in [0.25, 0.3) is 12.2 Å². The van der Waals surface area contributed by atoms with Crippen LogP contribution in [-0.4, -0.2) is 31.9 Å². The highest BCUT2D eigenvalue weighted by Gasteiger charge is 2.17. The summed E-state index contributed by atoms with van der Waals surface area (Å²) in [5.41, 5.74) is 3.89. The lowest BCUT2D eigenvalue weighted by molar-refractivity contribution is 0.402. The van der Waals surface area contributed by atoms with Gasteiger partial charge in [0.05, 0.1) is 0 Å². The first-order chi connectivity index (χ1) is 13.1. The molecule has 0 saturated heterocycles. The molecule has 0 radical (unpaired) electrons. The maximum absolute atomic E-state index is 7.52. The number of anilines is 2. The predicted octanol–water partition coefficient (Wildman–Crippen LogP) is 4.91. The van der Waals surface area contributed by atoms with Crippen LogP contribution in [0.1, 0.15) is 25.8 Å². The van der Waals surface area contributed by atoms with E-state index < -0.39 is 14.0 Å². The highest BCUT2D eigenvalue weighted by molar-refractivity contribution is 6.31. The Morgan fingerprint density at radius 3 is 2.64 bits per heavy atom. The van der Waals surface area contributed by atoms with Gasteiger partial charge in [-0.25, -0.2) is 0 Å². The standard InChI is InChI=1S/C19H21ClN2/c1-21(2)12-5-13-22-18-7-4-3-6-15(18)8-9-16-10-11-17(20)14-19(16)22/h3-4,6-11,14H,5,12-13H2,1-2H3/i1D3,2D3. The molecule has 2 aromatic carbocycles. The van der Waals surface area contributed by atoms with Gasteiger partial charge in [0.25, 0.3) is 0 Å². The molecule has 1 heterocycles. The van der Waals surface area contributed by atoms with Crippen LogP contribution in [0.3, 0.4) is 0 Å². The molecular weight excluding hydrogens is 292 g/mol. The van der Waals surface area contributed by atoms with E-state index in [0.717, 1.165) is 22.5 Å². The molecule has 114 valence electrons. The van der Waals surface area contributed by atoms with Gasteiger partial charge in [0.2, 0.25) is 0 Å². The highest BCUT2D eigenvalue weighted by atomic mass is 35.5. The number of hydrogen-bond donors (Lipinski definition) is 0. The second-order valence-corrected chi connectivity index (χ2v) is 5.69. The summed E-state index contributed by atoms with van der Waals surface area (Å²) in [7, 11) is 0. The molecule has 3 rings (SSSR count). The molecule has 1 aliphatic rings. The van der Waals surface area contributed by atoms with Crippen LogP contribution in [0.15, 0.2) is 42.5 Å². The number of rotatable bonds is 4. The molecule has 2 aromatic rings. The lowest BCUT2D eigenvalue weighted by Crippen LogP contribution is -2.24. The zero-order valence-electron chi connectivity index (χ0n) is 18.1. The van der Waals surface area contributed by atoms with Crippen LogP contribution in [0.4, 0.5) is 11.4 Å². The van der Waals surface area contributed by atoms with Crippen molar-refractivity contribution in [2.75, 3.05) is 31.9 Å². The molecule has 0 unspecified atom stereocenters. The molecule has 2 nitrogen and oxygen atoms in total. The zero-order valence-corrected chi connectivity index (χ0v) is 12.8. The van der Waals surface area contributed by atoms with Crippen LogP contribution < -0.4 is 4.90 Å². The van der Waals surface area contributed by atoms with Crippen molar-refractivity contribution in [3.63, 3.8) is 0 Å². The third-order valence-corrected chi connectivity index (χ3v) is 3.95. The minimum atomic E-state index is -2.68. The summed E-state index contributed by atoms with van der Waals surface area (Å²) in [5, 5.41) is 0.600. The average Bonchev–Trinajstić information content (AvgIpc) is 2.73. The lowest BCUT2D eigenvalue weighted by Gasteiger charge is -2.27. The van der Waals surface area contributed by atoms with Gasteiger partial charge in [-0.2, -0.15) is 0 Å². The van der Waals surface area contributed by atoms with E-state index in [2.05, 4.69) is 4.90 Å². The topological polar surface area (TPSA) is 6.48 Å². The minimum Gasteiger partial charge on any atom is -0.340 e. The van der Waals surface area contributed by atoms with Crippen molar-refractivity contribution >= 4 is 35.1 Å². The summed E-state index contributed by atoms with van der Waals surface area (Å²) in [6.07, 6.45) is 4.40. The van der Waals surface area contributed by atoms with Gasteiger partial charge in [0, 0.05) is 31.2 Å². The normalized spacial score (nSPS) is 18.2. The first-order valence-corrected chi connectivity index (χ1v) is 7.57. The average molecular weight is 319 g/mol. The molecule has 22 heavy (non-hydrogen) atoms. The van der Waals surface area contributed by atoms with Crippen LogP contribution in [0, 0.1) is 0 Å². The zero-order chi connectivity index (χ0) is 20.5. The van der Waals surface area contributed by atoms with Crippen LogP contribution in [0.2, 0.25) is 5.02 Å². The molecule has 0 saturated carbocycles. The van der Waals surface area contributed by atoms with Crippen molar-refractivity contribution in [3.8, 4) is 0 Å². The van der Waals surface area contributed by atoms with Gasteiger partial charge < -0.3 is 9.80 Å². The summed E-state index contributed by atoms with van der Waals surface area (Å²) >= 11 is 6.22. The Morgan fingerprint density at radius 1 is 1.05 bits per heavy atom. The Hall–Kier alpha value is -1.77. The summed E-state index contributed by atoms with van der Waals surface area (Å²) in [6.45, 7) is -4.97. The Labute approximate surface area is 146 Å². The van der Waals surface area contributed by atoms with Crippen molar-refractivity contribution in [2.45, 2.75) is 6.42 Å². The molecule has 0 aromatic heterocycles. The second kappa shape index (κ2) is 6.55. The van der Waals surface area contributed by atoms with E-state index >= 15 is 0 Å². The van der Waals surface area contributed by atoms with E-state index in [-0.39, 0.29) is 6.54 Å². The maximum Gasteiger partial charge on any atom is 0.0499 e. The molecule has 3 heteroatoms. The molecule has 0 spiro atoms. The number of nitrogens with zero attached hydrogens (tertiary/aromatic N) is 2. The molecule has 0 N–H and O–H groups in total. The SMILES string of the molecule is [2H]C([2H])([2H])N(CCCN1c2ccccc2C=Cc2ccc(Cl)cc21)C([2H])([2H])[2H]. The summed E-state index contributed by atoms with van der Waals surface area (Å²) in [6, 6.07) is 13.5. The molecule has 0 aliphatic carbocycles. The Balaban J connectivity index is 1.89. The van der Waals surface area contributed by atoms with Crippen LogP contribution in [-0.2, 0) is 0 Å². The number of para-hydroxylation sites is 1. The van der Waals surface area contributed by atoms with Gasteiger partial charge in [-0.15, -0.1) is 0 Å². The molecule has 0 fully saturated rings. The van der Waals surface area contributed by atoms with Gasteiger partial charge >= 0.3 is 0 Å². The second-order valence-electron chi connectivity index (χ2n) is 5.25.